The summed E-state index contributed by atoms with van der Waals surface area (Å²) in [6.07, 6.45) is 2.63. The maximum absolute atomic E-state index is 11.8. The monoisotopic (exact) mass is 202 g/mol. The highest BCUT2D eigenvalue weighted by molar-refractivity contribution is 6.04. The molecule has 0 unspecified atom stereocenters. The van der Waals surface area contributed by atoms with E-state index in [2.05, 4.69) is 5.32 Å². The third-order valence-electron chi connectivity index (χ3n) is 2.57. The Balaban J connectivity index is 2.08. The Morgan fingerprint density at radius 1 is 1.20 bits per heavy atom. The van der Waals surface area contributed by atoms with Crippen LogP contribution >= 0.6 is 0 Å². The van der Waals surface area contributed by atoms with Gasteiger partial charge in [0.15, 0.2) is 0 Å². The molecule has 0 bridgehead atoms. The second-order valence-corrected chi connectivity index (χ2v) is 3.68. The molecule has 3 nitrogen and oxygen atoms in total. The van der Waals surface area contributed by atoms with Gasteiger partial charge in [-0.3, -0.25) is 4.79 Å². The van der Waals surface area contributed by atoms with Crippen molar-refractivity contribution in [3.63, 3.8) is 0 Å². The summed E-state index contributed by atoms with van der Waals surface area (Å²) in [5, 5.41) is 2.84. The molecule has 0 saturated heterocycles. The average Bonchev–Trinajstić information content (AvgIpc) is 2.66. The Hall–Kier alpha value is -1.77. The molecule has 1 aliphatic carbocycles. The normalized spacial score (nSPS) is 15.5. The molecule has 1 aliphatic rings. The number of anilines is 1. The first-order chi connectivity index (χ1) is 7.27. The number of nitrogens with two attached hydrogens (primary N) is 1. The third-order valence-corrected chi connectivity index (χ3v) is 2.57. The Bertz CT molecular complexity index is 395. The van der Waals surface area contributed by atoms with Gasteiger partial charge in [-0.15, -0.1) is 0 Å². The number of hydrogen-bond acceptors (Lipinski definition) is 2. The molecule has 0 atom stereocenters. The third kappa shape index (κ3) is 2.18. The van der Waals surface area contributed by atoms with Crippen LogP contribution in [0.25, 0.3) is 0 Å². The minimum atomic E-state index is -0.0591. The van der Waals surface area contributed by atoms with Crippen molar-refractivity contribution in [2.45, 2.75) is 19.3 Å². The number of benzene rings is 1. The number of rotatable bonds is 2. The van der Waals surface area contributed by atoms with E-state index in [1.54, 1.807) is 0 Å². The van der Waals surface area contributed by atoms with Gasteiger partial charge in [0.1, 0.15) is 0 Å². The van der Waals surface area contributed by atoms with Gasteiger partial charge >= 0.3 is 0 Å². The first-order valence-corrected chi connectivity index (χ1v) is 5.11. The quantitative estimate of drug-likeness (QED) is 0.770. The minimum absolute atomic E-state index is 0.0591. The highest BCUT2D eigenvalue weighted by Gasteiger charge is 2.18. The van der Waals surface area contributed by atoms with Crippen LogP contribution in [0.3, 0.4) is 0 Å². The molecule has 3 heteroatoms. The lowest BCUT2D eigenvalue weighted by atomic mass is 10.2. The lowest BCUT2D eigenvalue weighted by molar-refractivity contribution is -0.113. The van der Waals surface area contributed by atoms with E-state index < -0.39 is 0 Å². The van der Waals surface area contributed by atoms with Crippen molar-refractivity contribution in [2.75, 3.05) is 5.32 Å². The number of carbonyl (C=O) groups excluding carboxylic acids is 1. The molecule has 0 saturated carbocycles. The van der Waals surface area contributed by atoms with Crippen LogP contribution in [-0.4, -0.2) is 5.91 Å². The van der Waals surface area contributed by atoms with Crippen LogP contribution in [0.1, 0.15) is 19.3 Å². The molecule has 3 N–H and O–H groups in total. The molecule has 2 rings (SSSR count). The van der Waals surface area contributed by atoms with Crippen LogP contribution in [0, 0.1) is 0 Å². The van der Waals surface area contributed by atoms with Crippen molar-refractivity contribution in [1.82, 2.24) is 0 Å². The fourth-order valence-electron chi connectivity index (χ4n) is 1.75. The lowest BCUT2D eigenvalue weighted by Crippen LogP contribution is -2.15. The van der Waals surface area contributed by atoms with Gasteiger partial charge in [-0.25, -0.2) is 0 Å². The van der Waals surface area contributed by atoms with Gasteiger partial charge in [-0.1, -0.05) is 18.2 Å². The molecule has 78 valence electrons. The summed E-state index contributed by atoms with van der Waals surface area (Å²) in [6, 6.07) is 9.43. The van der Waals surface area contributed by atoms with Crippen molar-refractivity contribution >= 4 is 11.6 Å². The second-order valence-electron chi connectivity index (χ2n) is 3.68. The van der Waals surface area contributed by atoms with Gasteiger partial charge in [-0.2, -0.15) is 0 Å². The summed E-state index contributed by atoms with van der Waals surface area (Å²) < 4.78 is 0. The topological polar surface area (TPSA) is 55.1 Å². The largest absolute Gasteiger partial charge is 0.402 e. The SMILES string of the molecule is NC1=C(C(=O)Nc2ccccc2)CCC1. The van der Waals surface area contributed by atoms with Crippen LogP contribution in [0.4, 0.5) is 5.69 Å². The highest BCUT2D eigenvalue weighted by atomic mass is 16.1. The van der Waals surface area contributed by atoms with Crippen LogP contribution < -0.4 is 11.1 Å². The van der Waals surface area contributed by atoms with E-state index in [1.807, 2.05) is 30.3 Å². The van der Waals surface area contributed by atoms with E-state index in [1.165, 1.54) is 0 Å². The zero-order valence-electron chi connectivity index (χ0n) is 8.49. The molecule has 15 heavy (non-hydrogen) atoms. The smallest absolute Gasteiger partial charge is 0.253 e. The minimum Gasteiger partial charge on any atom is -0.402 e. The maximum atomic E-state index is 11.8. The molecule has 1 aromatic rings. The Morgan fingerprint density at radius 2 is 1.93 bits per heavy atom. The van der Waals surface area contributed by atoms with E-state index in [0.717, 1.165) is 36.2 Å². The Labute approximate surface area is 89.0 Å². The van der Waals surface area contributed by atoms with Crippen LogP contribution in [0.15, 0.2) is 41.6 Å². The van der Waals surface area contributed by atoms with E-state index in [-0.39, 0.29) is 5.91 Å². The molecule has 0 radical (unpaired) electrons. The fourth-order valence-corrected chi connectivity index (χ4v) is 1.75. The number of amides is 1. The second kappa shape index (κ2) is 4.17. The predicted octanol–water partition coefficient (Wildman–Crippen LogP) is 2.02. The van der Waals surface area contributed by atoms with Crippen LogP contribution in [0.2, 0.25) is 0 Å². The summed E-state index contributed by atoms with van der Waals surface area (Å²) in [6.45, 7) is 0. The Kier molecular flexibility index (Phi) is 2.72. The highest BCUT2D eigenvalue weighted by Crippen LogP contribution is 2.23. The average molecular weight is 202 g/mol. The van der Waals surface area contributed by atoms with E-state index in [9.17, 15) is 4.79 Å². The number of hydrogen-bond donors (Lipinski definition) is 2. The van der Waals surface area contributed by atoms with Crippen molar-refractivity contribution in [2.24, 2.45) is 5.73 Å². The van der Waals surface area contributed by atoms with E-state index >= 15 is 0 Å². The molecule has 0 spiro atoms. The van der Waals surface area contributed by atoms with Crippen molar-refractivity contribution in [1.29, 1.82) is 0 Å². The molecule has 0 fully saturated rings. The van der Waals surface area contributed by atoms with Crippen LogP contribution in [0.5, 0.6) is 0 Å². The first-order valence-electron chi connectivity index (χ1n) is 5.11. The molecule has 1 amide bonds. The van der Waals surface area contributed by atoms with Gasteiger partial charge in [0.2, 0.25) is 0 Å². The van der Waals surface area contributed by atoms with Gasteiger partial charge < -0.3 is 11.1 Å². The molecule has 1 aromatic carbocycles. The summed E-state index contributed by atoms with van der Waals surface area (Å²) in [5.41, 5.74) is 8.06. The predicted molar refractivity (Wildman–Crippen MR) is 60.1 cm³/mol. The zero-order chi connectivity index (χ0) is 10.7. The number of nitrogens with one attached hydrogen (secondary N) is 1. The summed E-state index contributed by atoms with van der Waals surface area (Å²) in [5.74, 6) is -0.0591. The summed E-state index contributed by atoms with van der Waals surface area (Å²) in [7, 11) is 0. The van der Waals surface area contributed by atoms with E-state index in [0.29, 0.717) is 0 Å². The zero-order valence-corrected chi connectivity index (χ0v) is 8.49. The molecular weight excluding hydrogens is 188 g/mol. The van der Waals surface area contributed by atoms with E-state index in [4.69, 9.17) is 5.73 Å². The summed E-state index contributed by atoms with van der Waals surface area (Å²) in [4.78, 5) is 11.8. The van der Waals surface area contributed by atoms with Crippen molar-refractivity contribution in [3.8, 4) is 0 Å². The fraction of sp³-hybridized carbons (Fsp3) is 0.250. The maximum Gasteiger partial charge on any atom is 0.253 e. The number of carbonyl (C=O) groups is 1. The van der Waals surface area contributed by atoms with Crippen LogP contribution in [-0.2, 0) is 4.79 Å². The standard InChI is InChI=1S/C12H14N2O/c13-11-8-4-7-10(11)12(15)14-9-5-2-1-3-6-9/h1-3,5-6H,4,7-8,13H2,(H,14,15). The van der Waals surface area contributed by atoms with Gasteiger partial charge in [0.05, 0.1) is 0 Å². The molecule has 0 aromatic heterocycles. The van der Waals surface area contributed by atoms with Crippen molar-refractivity contribution < 1.29 is 4.79 Å². The first kappa shape index (κ1) is 9.77. The Morgan fingerprint density at radius 3 is 2.53 bits per heavy atom. The lowest BCUT2D eigenvalue weighted by Gasteiger charge is -2.06. The van der Waals surface area contributed by atoms with Gasteiger partial charge in [0, 0.05) is 17.0 Å². The molecule has 0 heterocycles. The molecular formula is C12H14N2O. The van der Waals surface area contributed by atoms with Gasteiger partial charge in [0.25, 0.3) is 5.91 Å². The molecule has 0 aliphatic heterocycles. The summed E-state index contributed by atoms with van der Waals surface area (Å²) >= 11 is 0. The number of allylic oxidation sites excluding steroid dienone is 1. The number of para-hydroxylation sites is 1. The van der Waals surface area contributed by atoms with Gasteiger partial charge in [-0.05, 0) is 31.4 Å². The van der Waals surface area contributed by atoms with Crippen molar-refractivity contribution in [3.05, 3.63) is 41.6 Å².